The number of fused-ring (bicyclic) bond motifs is 5. The van der Waals surface area contributed by atoms with E-state index in [4.69, 9.17) is 14.2 Å². The second-order valence-corrected chi connectivity index (χ2v) is 12.8. The maximum atomic E-state index is 14.2. The molecule has 1 saturated heterocycles. The lowest BCUT2D eigenvalue weighted by Crippen LogP contribution is -2.77. The molecule has 0 radical (unpaired) electrons. The number of carbonyl (C=O) groups is 3. The number of aryl methyl sites for hydroxylation is 1. The van der Waals surface area contributed by atoms with Gasteiger partial charge in [-0.2, -0.15) is 0 Å². The van der Waals surface area contributed by atoms with Gasteiger partial charge in [0, 0.05) is 37.5 Å². The van der Waals surface area contributed by atoms with Crippen LogP contribution in [0.3, 0.4) is 0 Å². The maximum Gasteiger partial charge on any atom is 0.306 e. The molecule has 0 aromatic heterocycles. The Morgan fingerprint density at radius 1 is 1.10 bits per heavy atom. The Labute approximate surface area is 234 Å². The predicted molar refractivity (Wildman–Crippen MR) is 143 cm³/mol. The summed E-state index contributed by atoms with van der Waals surface area (Å²) < 4.78 is 17.5. The Bertz CT molecular complexity index is 1240. The summed E-state index contributed by atoms with van der Waals surface area (Å²) in [5.74, 6) is -2.47. The third kappa shape index (κ3) is 4.16. The molecule has 1 aliphatic heterocycles. The van der Waals surface area contributed by atoms with Gasteiger partial charge in [-0.05, 0) is 43.4 Å². The molecule has 3 fully saturated rings. The summed E-state index contributed by atoms with van der Waals surface area (Å²) in [7, 11) is 0. The number of rotatable bonds is 5. The zero-order valence-corrected chi connectivity index (χ0v) is 23.8. The monoisotopic (exact) mass is 556 g/mol. The lowest BCUT2D eigenvalue weighted by Gasteiger charge is -2.65. The van der Waals surface area contributed by atoms with Gasteiger partial charge in [0.05, 0.1) is 23.7 Å². The Hall–Kier alpha value is -2.59. The molecule has 0 amide bonds. The first kappa shape index (κ1) is 28.9. The first-order chi connectivity index (χ1) is 18.7. The van der Waals surface area contributed by atoms with Crippen LogP contribution in [0.1, 0.15) is 65.9 Å². The first-order valence-electron chi connectivity index (χ1n) is 14.1. The smallest absolute Gasteiger partial charge is 0.306 e. The van der Waals surface area contributed by atoms with E-state index in [-0.39, 0.29) is 32.3 Å². The fourth-order valence-corrected chi connectivity index (χ4v) is 7.83. The SMILES string of the molecule is CC(=O)O[C@@]12CO[C@@H]1C[C@H](O)[C@@]1(C)C(=O)[C@H](O)C3=C(C)[C@@H](OC(=O)CCc4ccccc4)C[C@@](O)(C[C@H]21)C3(C)C. The lowest BCUT2D eigenvalue weighted by atomic mass is 9.46. The number of Topliss-reactive ketones (excluding diaryl/α,β-unsaturated/α-hetero) is 1. The van der Waals surface area contributed by atoms with E-state index < -0.39 is 70.1 Å². The number of aliphatic hydroxyl groups is 3. The van der Waals surface area contributed by atoms with E-state index in [9.17, 15) is 29.7 Å². The average Bonchev–Trinajstić information content (AvgIpc) is 2.88. The van der Waals surface area contributed by atoms with E-state index in [2.05, 4.69) is 0 Å². The van der Waals surface area contributed by atoms with E-state index in [1.165, 1.54) is 6.92 Å². The van der Waals surface area contributed by atoms with Gasteiger partial charge < -0.3 is 29.5 Å². The minimum Gasteiger partial charge on any atom is -0.458 e. The van der Waals surface area contributed by atoms with E-state index in [0.717, 1.165) is 5.56 Å². The number of hydrogen-bond acceptors (Lipinski definition) is 9. The number of hydrogen-bond donors (Lipinski definition) is 3. The van der Waals surface area contributed by atoms with Gasteiger partial charge in [-0.15, -0.1) is 0 Å². The van der Waals surface area contributed by atoms with Crippen LogP contribution in [0.25, 0.3) is 0 Å². The molecule has 2 saturated carbocycles. The lowest BCUT2D eigenvalue weighted by molar-refractivity contribution is -0.327. The number of ether oxygens (including phenoxy) is 3. The third-order valence-corrected chi connectivity index (χ3v) is 10.4. The maximum absolute atomic E-state index is 14.2. The standard InChI is InChI=1S/C31H40O9/c1-17-20(39-24(34)12-11-19-9-7-6-8-10-19)14-30(37)15-21-29(5,27(36)26(35)25(17)28(30,3)4)22(33)13-23-31(21,16-38-23)40-18(2)32/h6-10,20-23,26,33,35,37H,11-16H2,1-5H3/t20-,21-,22-,23+,26+,29-,30+,31+/m0/s1. The second-order valence-electron chi connectivity index (χ2n) is 12.8. The molecule has 3 N–H and O–H groups in total. The fraction of sp³-hybridized carbons (Fsp3) is 0.645. The molecular formula is C31H40O9. The topological polar surface area (TPSA) is 140 Å². The fourth-order valence-electron chi connectivity index (χ4n) is 7.83. The zero-order valence-electron chi connectivity index (χ0n) is 23.8. The van der Waals surface area contributed by atoms with Gasteiger partial charge >= 0.3 is 11.9 Å². The number of carbonyl (C=O) groups excluding carboxylic acids is 3. The molecule has 2 bridgehead atoms. The van der Waals surface area contributed by atoms with Crippen molar-refractivity contribution in [1.82, 2.24) is 0 Å². The Morgan fingerprint density at radius 2 is 1.77 bits per heavy atom. The van der Waals surface area contributed by atoms with Gasteiger partial charge in [0.1, 0.15) is 18.3 Å². The van der Waals surface area contributed by atoms with E-state index >= 15 is 0 Å². The summed E-state index contributed by atoms with van der Waals surface area (Å²) in [6, 6.07) is 9.56. The Balaban J connectivity index is 1.54. The molecule has 1 aromatic rings. The average molecular weight is 557 g/mol. The quantitative estimate of drug-likeness (QED) is 0.369. The second kappa shape index (κ2) is 9.76. The van der Waals surface area contributed by atoms with E-state index in [1.807, 2.05) is 30.3 Å². The van der Waals surface area contributed by atoms with Crippen molar-refractivity contribution in [2.24, 2.45) is 16.7 Å². The van der Waals surface area contributed by atoms with Crippen molar-refractivity contribution >= 4 is 17.7 Å². The molecule has 1 heterocycles. The number of aliphatic hydroxyl groups excluding tert-OH is 2. The van der Waals surface area contributed by atoms with Crippen molar-refractivity contribution in [2.75, 3.05) is 6.61 Å². The third-order valence-electron chi connectivity index (χ3n) is 10.4. The molecule has 4 aliphatic rings. The number of ketones is 1. The van der Waals surface area contributed by atoms with Crippen molar-refractivity contribution < 1.29 is 43.9 Å². The molecule has 218 valence electrons. The van der Waals surface area contributed by atoms with Crippen LogP contribution in [0.5, 0.6) is 0 Å². The van der Waals surface area contributed by atoms with Gasteiger partial charge in [0.25, 0.3) is 0 Å². The highest BCUT2D eigenvalue weighted by molar-refractivity contribution is 5.93. The highest BCUT2D eigenvalue weighted by Gasteiger charge is 2.73. The molecule has 0 spiro atoms. The van der Waals surface area contributed by atoms with E-state index in [0.29, 0.717) is 17.6 Å². The molecular weight excluding hydrogens is 516 g/mol. The molecule has 8 atom stereocenters. The summed E-state index contributed by atoms with van der Waals surface area (Å²) in [5, 5.41) is 35.4. The number of esters is 2. The highest BCUT2D eigenvalue weighted by atomic mass is 16.6. The molecule has 5 rings (SSSR count). The Morgan fingerprint density at radius 3 is 2.38 bits per heavy atom. The van der Waals surface area contributed by atoms with Crippen LogP contribution in [-0.4, -0.2) is 75.3 Å². The van der Waals surface area contributed by atoms with Crippen molar-refractivity contribution in [1.29, 1.82) is 0 Å². The molecule has 3 aliphatic carbocycles. The molecule has 9 heteroatoms. The Kier molecular flexibility index (Phi) is 7.05. The summed E-state index contributed by atoms with van der Waals surface area (Å²) in [5.41, 5.74) is -3.62. The summed E-state index contributed by atoms with van der Waals surface area (Å²) >= 11 is 0. The van der Waals surface area contributed by atoms with Crippen LogP contribution in [0, 0.1) is 16.7 Å². The van der Waals surface area contributed by atoms with Gasteiger partial charge in [0.15, 0.2) is 11.4 Å². The van der Waals surface area contributed by atoms with Crippen molar-refractivity contribution in [3.05, 3.63) is 47.0 Å². The molecule has 9 nitrogen and oxygen atoms in total. The summed E-state index contributed by atoms with van der Waals surface area (Å²) in [6.07, 6.45) is -3.70. The van der Waals surface area contributed by atoms with Crippen LogP contribution < -0.4 is 0 Å². The largest absolute Gasteiger partial charge is 0.458 e. The van der Waals surface area contributed by atoms with Crippen LogP contribution in [0.15, 0.2) is 41.5 Å². The van der Waals surface area contributed by atoms with Crippen LogP contribution in [-0.2, 0) is 35.0 Å². The minimum absolute atomic E-state index is 0.0176. The van der Waals surface area contributed by atoms with Gasteiger partial charge in [-0.3, -0.25) is 14.4 Å². The normalized spacial score (nSPS) is 40.1. The van der Waals surface area contributed by atoms with E-state index in [1.54, 1.807) is 27.7 Å². The highest BCUT2D eigenvalue weighted by Crippen LogP contribution is 2.63. The zero-order chi connectivity index (χ0) is 29.3. The van der Waals surface area contributed by atoms with Crippen molar-refractivity contribution in [3.63, 3.8) is 0 Å². The van der Waals surface area contributed by atoms with Gasteiger partial charge in [-0.25, -0.2) is 0 Å². The van der Waals surface area contributed by atoms with Crippen LogP contribution in [0.4, 0.5) is 0 Å². The van der Waals surface area contributed by atoms with Crippen molar-refractivity contribution in [3.8, 4) is 0 Å². The van der Waals surface area contributed by atoms with Crippen LogP contribution in [0.2, 0.25) is 0 Å². The van der Waals surface area contributed by atoms with Gasteiger partial charge in [-0.1, -0.05) is 44.2 Å². The molecule has 1 aromatic carbocycles. The summed E-state index contributed by atoms with van der Waals surface area (Å²) in [4.78, 5) is 39.4. The van der Waals surface area contributed by atoms with Crippen LogP contribution >= 0.6 is 0 Å². The van der Waals surface area contributed by atoms with Crippen molar-refractivity contribution in [2.45, 2.75) is 102 Å². The molecule has 40 heavy (non-hydrogen) atoms. The molecule has 0 unspecified atom stereocenters. The predicted octanol–water partition coefficient (Wildman–Crippen LogP) is 2.43. The first-order valence-corrected chi connectivity index (χ1v) is 14.1. The minimum atomic E-state index is -1.67. The van der Waals surface area contributed by atoms with Gasteiger partial charge in [0.2, 0.25) is 0 Å². The summed E-state index contributed by atoms with van der Waals surface area (Å²) in [6.45, 7) is 8.14. The number of benzene rings is 1.